The molecule has 0 bridgehead atoms. The highest BCUT2D eigenvalue weighted by molar-refractivity contribution is 8.01. The van der Waals surface area contributed by atoms with Crippen molar-refractivity contribution in [2.75, 3.05) is 18.6 Å². The van der Waals surface area contributed by atoms with Crippen LogP contribution >= 0.6 is 34.4 Å². The van der Waals surface area contributed by atoms with E-state index in [0.29, 0.717) is 5.56 Å². The van der Waals surface area contributed by atoms with Crippen LogP contribution in [0.4, 0.5) is 5.69 Å². The minimum Gasteiger partial charge on any atom is -0.465 e. The van der Waals surface area contributed by atoms with Gasteiger partial charge in [0.1, 0.15) is 15.5 Å². The van der Waals surface area contributed by atoms with Gasteiger partial charge in [0.25, 0.3) is 0 Å². The van der Waals surface area contributed by atoms with Crippen LogP contribution in [0.25, 0.3) is 32.0 Å². The molecule has 32 heavy (non-hydrogen) atoms. The number of nitrogens with zero attached hydrogens (tertiary/aromatic N) is 2. The van der Waals surface area contributed by atoms with Crippen LogP contribution in [0.15, 0.2) is 46.1 Å². The molecule has 5 nitrogen and oxygen atoms in total. The molecule has 0 fully saturated rings. The van der Waals surface area contributed by atoms with Gasteiger partial charge < -0.3 is 10.5 Å². The number of thiazole rings is 1. The summed E-state index contributed by atoms with van der Waals surface area (Å²) in [6.45, 7) is 6.19. The second-order valence-electron chi connectivity index (χ2n) is 6.65. The Morgan fingerprint density at radius 3 is 2.59 bits per heavy atom. The Hall–Kier alpha value is -2.42. The maximum atomic E-state index is 11.8. The molecule has 4 aromatic rings. The number of hydrogen-bond acceptors (Lipinski definition) is 8. The number of carbonyl (C=O) groups excluding carboxylic acids is 1. The third-order valence-electron chi connectivity index (χ3n) is 4.66. The van der Waals surface area contributed by atoms with E-state index >= 15 is 0 Å². The molecule has 0 unspecified atom stereocenters. The average Bonchev–Trinajstić information content (AvgIpc) is 3.48. The Bertz CT molecular complexity index is 1170. The summed E-state index contributed by atoms with van der Waals surface area (Å²) in [6.07, 6.45) is 4.09. The van der Waals surface area contributed by atoms with Crippen molar-refractivity contribution >= 4 is 56.3 Å². The van der Waals surface area contributed by atoms with Crippen molar-refractivity contribution in [1.29, 1.82) is 0 Å². The Kier molecular flexibility index (Phi) is 8.67. The van der Waals surface area contributed by atoms with Crippen LogP contribution in [-0.2, 0) is 4.74 Å². The summed E-state index contributed by atoms with van der Waals surface area (Å²) in [4.78, 5) is 22.0. The largest absolute Gasteiger partial charge is 0.465 e. The molecule has 0 aliphatic heterocycles. The fourth-order valence-electron chi connectivity index (χ4n) is 3.11. The number of hydrogen-bond donors (Lipinski definition) is 1. The highest BCUT2D eigenvalue weighted by Gasteiger charge is 2.19. The summed E-state index contributed by atoms with van der Waals surface area (Å²) < 4.78 is 5.92. The minimum absolute atomic E-state index is 0.352. The number of anilines is 1. The molecule has 0 spiro atoms. The van der Waals surface area contributed by atoms with Crippen LogP contribution in [0.5, 0.6) is 0 Å². The van der Waals surface area contributed by atoms with Crippen molar-refractivity contribution in [3.8, 4) is 21.8 Å². The summed E-state index contributed by atoms with van der Waals surface area (Å²) in [5.74, 6) is 0.685. The van der Waals surface area contributed by atoms with Crippen molar-refractivity contribution in [3.63, 3.8) is 0 Å². The Morgan fingerprint density at radius 1 is 1.22 bits per heavy atom. The number of thiophene rings is 1. The number of pyridine rings is 1. The van der Waals surface area contributed by atoms with Crippen LogP contribution in [0.3, 0.4) is 0 Å². The maximum absolute atomic E-state index is 11.8. The molecule has 1 aromatic carbocycles. The molecule has 168 valence electrons. The first-order chi connectivity index (χ1) is 15.6. The number of carbonyl (C=O) groups is 1. The van der Waals surface area contributed by atoms with Crippen LogP contribution in [0.1, 0.15) is 44.0 Å². The van der Waals surface area contributed by atoms with E-state index in [9.17, 15) is 4.79 Å². The normalized spacial score (nSPS) is 10.6. The van der Waals surface area contributed by atoms with E-state index in [1.54, 1.807) is 52.8 Å². The van der Waals surface area contributed by atoms with Crippen LogP contribution < -0.4 is 5.73 Å². The lowest BCUT2D eigenvalue weighted by atomic mass is 10.0. The molecular weight excluding hydrogens is 458 g/mol. The first kappa shape index (κ1) is 24.2. The average molecular weight is 486 g/mol. The second kappa shape index (κ2) is 11.4. The molecule has 3 heterocycles. The van der Waals surface area contributed by atoms with Crippen LogP contribution in [0, 0.1) is 0 Å². The van der Waals surface area contributed by atoms with Crippen LogP contribution in [-0.4, -0.2) is 28.8 Å². The number of thioether (sulfide) groups is 1. The fourth-order valence-corrected chi connectivity index (χ4v) is 6.16. The lowest BCUT2D eigenvalue weighted by molar-refractivity contribution is 0.0601. The number of fused-ring (bicyclic) bond motifs is 1. The third kappa shape index (κ3) is 5.14. The highest BCUT2D eigenvalue weighted by atomic mass is 32.2. The standard InChI is InChI=1S/C22H21N3O2S3.C2H6/c1-3-4-10-29-22-18(23)17-15(13-5-7-14(8-6-13)21(26)27-2)12-16(25-20(17)30-22)19-24-9-11-28-19;1-2/h5-9,11-12H,3-4,10,23H2,1-2H3;1-2H3. The zero-order valence-electron chi connectivity index (χ0n) is 18.7. The van der Waals surface area contributed by atoms with Gasteiger partial charge in [-0.25, -0.2) is 14.8 Å². The number of unbranched alkanes of at least 4 members (excludes halogenated alkanes) is 1. The van der Waals surface area contributed by atoms with Gasteiger partial charge in [0.05, 0.1) is 22.6 Å². The molecule has 0 saturated carbocycles. The lowest BCUT2D eigenvalue weighted by Crippen LogP contribution is -2.00. The van der Waals surface area contributed by atoms with Gasteiger partial charge in [-0.15, -0.1) is 34.4 Å². The number of benzene rings is 1. The van der Waals surface area contributed by atoms with Crippen LogP contribution in [0.2, 0.25) is 0 Å². The van der Waals surface area contributed by atoms with E-state index in [1.165, 1.54) is 7.11 Å². The molecule has 8 heteroatoms. The minimum atomic E-state index is -0.352. The lowest BCUT2D eigenvalue weighted by Gasteiger charge is -2.08. The van der Waals surface area contributed by atoms with E-state index < -0.39 is 0 Å². The third-order valence-corrected chi connectivity index (χ3v) is 7.93. The molecule has 3 aromatic heterocycles. The summed E-state index contributed by atoms with van der Waals surface area (Å²) in [5, 5.41) is 3.78. The molecule has 0 aliphatic rings. The number of aromatic nitrogens is 2. The first-order valence-corrected chi connectivity index (χ1v) is 13.2. The van der Waals surface area contributed by atoms with Crippen molar-refractivity contribution in [2.24, 2.45) is 0 Å². The van der Waals surface area contributed by atoms with E-state index in [0.717, 1.165) is 60.5 Å². The van der Waals surface area contributed by atoms with E-state index in [-0.39, 0.29) is 5.97 Å². The summed E-state index contributed by atoms with van der Waals surface area (Å²) in [7, 11) is 1.38. The smallest absolute Gasteiger partial charge is 0.337 e. The summed E-state index contributed by atoms with van der Waals surface area (Å²) >= 11 is 4.99. The molecule has 0 atom stereocenters. The Labute approximate surface area is 201 Å². The molecule has 0 aliphatic carbocycles. The molecule has 4 rings (SSSR count). The Balaban J connectivity index is 0.00000141. The maximum Gasteiger partial charge on any atom is 0.337 e. The predicted octanol–water partition coefficient (Wildman–Crippen LogP) is 7.37. The van der Waals surface area contributed by atoms with Crippen molar-refractivity contribution in [1.82, 2.24) is 9.97 Å². The number of nitrogens with two attached hydrogens (primary N) is 1. The number of methoxy groups -OCH3 is 1. The Morgan fingerprint density at radius 2 is 1.97 bits per heavy atom. The first-order valence-electron chi connectivity index (χ1n) is 10.6. The van der Waals surface area contributed by atoms with E-state index in [4.69, 9.17) is 15.5 Å². The molecular formula is C24H27N3O2S3. The highest BCUT2D eigenvalue weighted by Crippen LogP contribution is 2.45. The second-order valence-corrected chi connectivity index (χ2v) is 9.90. The SMILES string of the molecule is CC.CCCCSc1sc2nc(-c3nccs3)cc(-c3ccc(C(=O)OC)cc3)c2c1N. The molecule has 0 amide bonds. The monoisotopic (exact) mass is 485 g/mol. The fraction of sp³-hybridized carbons (Fsp3) is 0.292. The van der Waals surface area contributed by atoms with Gasteiger partial charge in [-0.3, -0.25) is 0 Å². The predicted molar refractivity (Wildman–Crippen MR) is 139 cm³/mol. The zero-order valence-corrected chi connectivity index (χ0v) is 21.1. The van der Waals surface area contributed by atoms with Gasteiger partial charge in [-0.1, -0.05) is 39.3 Å². The van der Waals surface area contributed by atoms with Crippen molar-refractivity contribution in [2.45, 2.75) is 37.8 Å². The number of esters is 1. The molecule has 0 radical (unpaired) electrons. The number of ether oxygens (including phenoxy) is 1. The van der Waals surface area contributed by atoms with Gasteiger partial charge in [0.2, 0.25) is 0 Å². The molecule has 0 saturated heterocycles. The van der Waals surface area contributed by atoms with Gasteiger partial charge in [0, 0.05) is 17.0 Å². The summed E-state index contributed by atoms with van der Waals surface area (Å²) in [6, 6.07) is 9.44. The van der Waals surface area contributed by atoms with E-state index in [1.807, 2.05) is 37.4 Å². The number of nitrogen functional groups attached to an aromatic ring is 1. The van der Waals surface area contributed by atoms with Gasteiger partial charge >= 0.3 is 5.97 Å². The van der Waals surface area contributed by atoms with E-state index in [2.05, 4.69) is 11.9 Å². The number of rotatable bonds is 7. The molecule has 2 N–H and O–H groups in total. The quantitative estimate of drug-likeness (QED) is 0.167. The van der Waals surface area contributed by atoms with Gasteiger partial charge in [-0.05, 0) is 41.5 Å². The van der Waals surface area contributed by atoms with Gasteiger partial charge in [-0.2, -0.15) is 0 Å². The topological polar surface area (TPSA) is 78.1 Å². The zero-order chi connectivity index (χ0) is 23.1. The van der Waals surface area contributed by atoms with Crippen molar-refractivity contribution in [3.05, 3.63) is 47.5 Å². The van der Waals surface area contributed by atoms with Crippen molar-refractivity contribution < 1.29 is 9.53 Å². The van der Waals surface area contributed by atoms with Gasteiger partial charge in [0.15, 0.2) is 0 Å². The summed E-state index contributed by atoms with van der Waals surface area (Å²) in [5.41, 5.74) is 10.7.